The molecule has 0 saturated heterocycles. The Morgan fingerprint density at radius 3 is 2.88 bits per heavy atom. The summed E-state index contributed by atoms with van der Waals surface area (Å²) in [5.41, 5.74) is 3.27. The van der Waals surface area contributed by atoms with E-state index in [1.165, 1.54) is 0 Å². The van der Waals surface area contributed by atoms with Gasteiger partial charge in [0.1, 0.15) is 5.69 Å². The van der Waals surface area contributed by atoms with E-state index in [4.69, 9.17) is 5.11 Å². The van der Waals surface area contributed by atoms with Crippen LogP contribution in [0.5, 0.6) is 0 Å². The summed E-state index contributed by atoms with van der Waals surface area (Å²) in [5.74, 6) is -0.290. The number of rotatable bonds is 4. The molecule has 0 aliphatic carbocycles. The van der Waals surface area contributed by atoms with Gasteiger partial charge in [-0.25, -0.2) is 4.98 Å². The number of fused-ring (bicyclic) bond motifs is 1. The zero-order valence-corrected chi connectivity index (χ0v) is 12.7. The van der Waals surface area contributed by atoms with Crippen LogP contribution in [0.3, 0.4) is 0 Å². The van der Waals surface area contributed by atoms with Gasteiger partial charge in [0.15, 0.2) is 5.82 Å². The van der Waals surface area contributed by atoms with Crippen LogP contribution in [0.1, 0.15) is 5.69 Å². The number of nitrogens with one attached hydrogen (secondary N) is 1. The Morgan fingerprint density at radius 1 is 1.17 bits per heavy atom. The molecule has 0 unspecified atom stereocenters. The predicted molar refractivity (Wildman–Crippen MR) is 90.0 cm³/mol. The molecule has 1 aromatic carbocycles. The topological polar surface area (TPSA) is 83.8 Å². The first-order valence-electron chi connectivity index (χ1n) is 7.49. The van der Waals surface area contributed by atoms with E-state index >= 15 is 0 Å². The molecule has 24 heavy (non-hydrogen) atoms. The van der Waals surface area contributed by atoms with E-state index in [1.54, 1.807) is 35.3 Å². The average molecular weight is 318 g/mol. The van der Waals surface area contributed by atoms with E-state index in [1.807, 2.05) is 30.3 Å². The standard InChI is InChI=1S/C18H14N4O2/c23-18(24)9-13-5-3-7-22(13)17-11-19-10-16(21-17)15-8-12-4-1-2-6-14(12)20-15/h1-8,10-11,20H,9H2,(H,23,24). The number of para-hydroxylation sites is 1. The molecule has 2 N–H and O–H groups in total. The minimum atomic E-state index is -0.880. The van der Waals surface area contributed by atoms with Gasteiger partial charge in [-0.2, -0.15) is 0 Å². The fourth-order valence-electron chi connectivity index (χ4n) is 2.75. The number of carboxylic acids is 1. The van der Waals surface area contributed by atoms with Gasteiger partial charge in [0, 0.05) is 22.8 Å². The number of nitrogens with zero attached hydrogens (tertiary/aromatic N) is 3. The highest BCUT2D eigenvalue weighted by Gasteiger charge is 2.11. The zero-order chi connectivity index (χ0) is 16.5. The minimum Gasteiger partial charge on any atom is -0.481 e. The van der Waals surface area contributed by atoms with Crippen molar-refractivity contribution in [3.8, 4) is 17.2 Å². The molecule has 0 bridgehead atoms. The van der Waals surface area contributed by atoms with Gasteiger partial charge < -0.3 is 14.7 Å². The van der Waals surface area contributed by atoms with Crippen molar-refractivity contribution >= 4 is 16.9 Å². The van der Waals surface area contributed by atoms with Crippen molar-refractivity contribution in [3.05, 3.63) is 66.7 Å². The van der Waals surface area contributed by atoms with Crippen molar-refractivity contribution in [2.45, 2.75) is 6.42 Å². The molecular weight excluding hydrogens is 304 g/mol. The van der Waals surface area contributed by atoms with Crippen LogP contribution in [0.2, 0.25) is 0 Å². The van der Waals surface area contributed by atoms with Crippen molar-refractivity contribution in [2.75, 3.05) is 0 Å². The highest BCUT2D eigenvalue weighted by atomic mass is 16.4. The molecule has 0 radical (unpaired) electrons. The van der Waals surface area contributed by atoms with Crippen LogP contribution >= 0.6 is 0 Å². The summed E-state index contributed by atoms with van der Waals surface area (Å²) in [6.07, 6.45) is 5.04. The smallest absolute Gasteiger partial charge is 0.309 e. The predicted octanol–water partition coefficient (Wildman–Crippen LogP) is 3.04. The van der Waals surface area contributed by atoms with Crippen molar-refractivity contribution in [1.29, 1.82) is 0 Å². The molecule has 0 aliphatic rings. The van der Waals surface area contributed by atoms with Crippen LogP contribution in [0.25, 0.3) is 28.1 Å². The van der Waals surface area contributed by atoms with E-state index < -0.39 is 5.97 Å². The second-order valence-corrected chi connectivity index (χ2v) is 5.47. The monoisotopic (exact) mass is 318 g/mol. The fourth-order valence-corrected chi connectivity index (χ4v) is 2.75. The molecular formula is C18H14N4O2. The van der Waals surface area contributed by atoms with Crippen LogP contribution < -0.4 is 0 Å². The van der Waals surface area contributed by atoms with Gasteiger partial charge >= 0.3 is 5.97 Å². The van der Waals surface area contributed by atoms with Crippen molar-refractivity contribution in [2.24, 2.45) is 0 Å². The number of carboxylic acid groups (broad SMARTS) is 1. The van der Waals surface area contributed by atoms with Gasteiger partial charge in [0.25, 0.3) is 0 Å². The molecule has 3 aromatic heterocycles. The SMILES string of the molecule is O=C(O)Cc1cccn1-c1cncc(-c2cc3ccccc3[nH]2)n1. The minimum absolute atomic E-state index is 0.0642. The molecule has 6 nitrogen and oxygen atoms in total. The summed E-state index contributed by atoms with van der Waals surface area (Å²) in [7, 11) is 0. The lowest BCUT2D eigenvalue weighted by Crippen LogP contribution is -2.08. The number of hydrogen-bond donors (Lipinski definition) is 2. The van der Waals surface area contributed by atoms with E-state index in [0.29, 0.717) is 17.2 Å². The second kappa shape index (κ2) is 5.66. The summed E-state index contributed by atoms with van der Waals surface area (Å²) in [6, 6.07) is 13.6. The maximum Gasteiger partial charge on any atom is 0.309 e. The summed E-state index contributed by atoms with van der Waals surface area (Å²) in [6.45, 7) is 0. The highest BCUT2D eigenvalue weighted by Crippen LogP contribution is 2.23. The quantitative estimate of drug-likeness (QED) is 0.606. The molecule has 0 amide bonds. The lowest BCUT2D eigenvalue weighted by molar-refractivity contribution is -0.136. The number of carbonyl (C=O) groups is 1. The lowest BCUT2D eigenvalue weighted by atomic mass is 10.2. The summed E-state index contributed by atoms with van der Waals surface area (Å²) < 4.78 is 1.74. The molecule has 0 spiro atoms. The normalized spacial score (nSPS) is 11.0. The fraction of sp³-hybridized carbons (Fsp3) is 0.0556. The lowest BCUT2D eigenvalue weighted by Gasteiger charge is -2.07. The molecule has 118 valence electrons. The Balaban J connectivity index is 1.76. The molecule has 3 heterocycles. The van der Waals surface area contributed by atoms with E-state index in [9.17, 15) is 4.79 Å². The average Bonchev–Trinajstić information content (AvgIpc) is 3.21. The maximum atomic E-state index is 11.0. The first-order valence-corrected chi connectivity index (χ1v) is 7.49. The van der Waals surface area contributed by atoms with Crippen molar-refractivity contribution in [1.82, 2.24) is 19.5 Å². The third kappa shape index (κ3) is 2.54. The molecule has 0 aliphatic heterocycles. The highest BCUT2D eigenvalue weighted by molar-refractivity contribution is 5.85. The van der Waals surface area contributed by atoms with Crippen LogP contribution in [-0.2, 0) is 11.2 Å². The third-order valence-electron chi connectivity index (χ3n) is 3.84. The van der Waals surface area contributed by atoms with Gasteiger partial charge in [0.2, 0.25) is 0 Å². The Morgan fingerprint density at radius 2 is 2.04 bits per heavy atom. The van der Waals surface area contributed by atoms with Gasteiger partial charge in [-0.05, 0) is 24.3 Å². The molecule has 0 fully saturated rings. The molecule has 0 atom stereocenters. The number of aromatic nitrogens is 4. The van der Waals surface area contributed by atoms with Gasteiger partial charge in [-0.3, -0.25) is 9.78 Å². The summed E-state index contributed by atoms with van der Waals surface area (Å²) in [4.78, 5) is 23.2. The van der Waals surface area contributed by atoms with Crippen LogP contribution in [0, 0.1) is 0 Å². The van der Waals surface area contributed by atoms with Crippen molar-refractivity contribution < 1.29 is 9.90 Å². The van der Waals surface area contributed by atoms with Gasteiger partial charge in [-0.1, -0.05) is 18.2 Å². The van der Waals surface area contributed by atoms with Gasteiger partial charge in [-0.15, -0.1) is 0 Å². The van der Waals surface area contributed by atoms with E-state index in [-0.39, 0.29) is 6.42 Å². The first kappa shape index (κ1) is 14.2. The summed E-state index contributed by atoms with van der Waals surface area (Å²) in [5, 5.41) is 10.1. The number of hydrogen-bond acceptors (Lipinski definition) is 3. The largest absolute Gasteiger partial charge is 0.481 e. The first-order chi connectivity index (χ1) is 11.7. The Hall–Kier alpha value is -3.41. The van der Waals surface area contributed by atoms with Crippen LogP contribution in [0.4, 0.5) is 0 Å². The Bertz CT molecular complexity index is 999. The molecule has 4 aromatic rings. The van der Waals surface area contributed by atoms with Crippen molar-refractivity contribution in [3.63, 3.8) is 0 Å². The molecule has 0 saturated carbocycles. The Labute approximate surface area is 137 Å². The molecule has 6 heteroatoms. The van der Waals surface area contributed by atoms with E-state index in [0.717, 1.165) is 16.6 Å². The number of aliphatic carboxylic acids is 1. The summed E-state index contributed by atoms with van der Waals surface area (Å²) >= 11 is 0. The maximum absolute atomic E-state index is 11.0. The second-order valence-electron chi connectivity index (χ2n) is 5.47. The number of aromatic amines is 1. The molecule has 4 rings (SSSR count). The number of benzene rings is 1. The van der Waals surface area contributed by atoms with E-state index in [2.05, 4.69) is 15.0 Å². The van der Waals surface area contributed by atoms with Crippen LogP contribution in [-0.4, -0.2) is 30.6 Å². The Kier molecular flexibility index (Phi) is 3.35. The third-order valence-corrected chi connectivity index (χ3v) is 3.84. The van der Waals surface area contributed by atoms with Gasteiger partial charge in [0.05, 0.1) is 24.5 Å². The number of H-pyrrole nitrogens is 1. The van der Waals surface area contributed by atoms with Crippen LogP contribution in [0.15, 0.2) is 61.1 Å². The zero-order valence-electron chi connectivity index (χ0n) is 12.7.